The van der Waals surface area contributed by atoms with Crippen molar-refractivity contribution in [2.75, 3.05) is 5.75 Å². The summed E-state index contributed by atoms with van der Waals surface area (Å²) in [5.74, 6) is 0.832. The number of H-pyrrole nitrogens is 1. The van der Waals surface area contributed by atoms with Crippen LogP contribution in [0, 0.1) is 6.92 Å². The number of benzene rings is 1. The van der Waals surface area contributed by atoms with E-state index in [0.29, 0.717) is 0 Å². The summed E-state index contributed by atoms with van der Waals surface area (Å²) in [5.41, 5.74) is 3.35. The number of hydrogen-bond acceptors (Lipinski definition) is 2. The molecule has 15 heavy (non-hydrogen) atoms. The number of rotatable bonds is 3. The summed E-state index contributed by atoms with van der Waals surface area (Å²) in [6.07, 6.45) is 0. The summed E-state index contributed by atoms with van der Waals surface area (Å²) in [6, 6.07) is 6.15. The molecule has 1 N–H and O–H groups in total. The Labute approximate surface area is 101 Å². The molecule has 2 aromatic rings. The maximum absolute atomic E-state index is 4.53. The van der Waals surface area contributed by atoms with Crippen molar-refractivity contribution in [1.29, 1.82) is 0 Å². The van der Waals surface area contributed by atoms with E-state index in [2.05, 4.69) is 45.5 Å². The number of imidazole rings is 1. The lowest BCUT2D eigenvalue weighted by atomic mass is 10.2. The van der Waals surface area contributed by atoms with Crippen LogP contribution in [-0.4, -0.2) is 15.7 Å². The third-order valence-corrected chi connectivity index (χ3v) is 3.67. The maximum atomic E-state index is 4.53. The molecule has 1 aromatic carbocycles. The smallest absolute Gasteiger partial charge is 0.166 e. The Morgan fingerprint density at radius 1 is 1.60 bits per heavy atom. The molecule has 0 aliphatic carbocycles. The van der Waals surface area contributed by atoms with E-state index in [1.807, 2.05) is 12.1 Å². The van der Waals surface area contributed by atoms with Gasteiger partial charge in [0, 0.05) is 5.75 Å². The van der Waals surface area contributed by atoms with Gasteiger partial charge in [0.25, 0.3) is 0 Å². The Kier molecular flexibility index (Phi) is 3.17. The average Bonchev–Trinajstić information content (AvgIpc) is 2.59. The van der Waals surface area contributed by atoms with Gasteiger partial charge in [0.05, 0.1) is 11.0 Å². The second-order valence-electron chi connectivity index (χ2n) is 3.32. The van der Waals surface area contributed by atoms with Crippen LogP contribution < -0.4 is 0 Å². The van der Waals surface area contributed by atoms with Gasteiger partial charge in [0.1, 0.15) is 0 Å². The van der Waals surface area contributed by atoms with Crippen LogP contribution in [0.1, 0.15) is 5.56 Å². The van der Waals surface area contributed by atoms with Crippen molar-refractivity contribution >= 4 is 38.7 Å². The molecule has 1 aromatic heterocycles. The second kappa shape index (κ2) is 4.41. The molecule has 0 amide bonds. The van der Waals surface area contributed by atoms with Gasteiger partial charge in [-0.2, -0.15) is 0 Å². The normalized spacial score (nSPS) is 10.8. The van der Waals surface area contributed by atoms with Gasteiger partial charge in [-0.1, -0.05) is 46.4 Å². The standard InChI is InChI=1S/C11H11BrN2S/c1-7-4-3-5-9-10(7)14-11(13-9)15-6-8(2)12/h3-5H,2,6H2,1H3,(H,13,14). The zero-order valence-corrected chi connectivity index (χ0v) is 10.8. The molecule has 0 saturated carbocycles. The van der Waals surface area contributed by atoms with Gasteiger partial charge in [-0.3, -0.25) is 0 Å². The van der Waals surface area contributed by atoms with Crippen LogP contribution in [0.4, 0.5) is 0 Å². The van der Waals surface area contributed by atoms with Gasteiger partial charge in [-0.05, 0) is 23.0 Å². The molecule has 0 radical (unpaired) electrons. The topological polar surface area (TPSA) is 28.7 Å². The molecule has 0 aliphatic heterocycles. The Morgan fingerprint density at radius 2 is 2.40 bits per heavy atom. The molecule has 4 heteroatoms. The summed E-state index contributed by atoms with van der Waals surface area (Å²) in [4.78, 5) is 7.81. The van der Waals surface area contributed by atoms with Crippen molar-refractivity contribution in [2.24, 2.45) is 0 Å². The first kappa shape index (κ1) is 10.8. The van der Waals surface area contributed by atoms with Gasteiger partial charge in [0.15, 0.2) is 5.16 Å². The number of fused-ring (bicyclic) bond motifs is 1. The maximum Gasteiger partial charge on any atom is 0.166 e. The molecule has 2 nitrogen and oxygen atoms in total. The van der Waals surface area contributed by atoms with E-state index in [-0.39, 0.29) is 0 Å². The van der Waals surface area contributed by atoms with Crippen LogP contribution in [0.5, 0.6) is 0 Å². The van der Waals surface area contributed by atoms with E-state index in [0.717, 1.165) is 26.4 Å². The number of aryl methyl sites for hydroxylation is 1. The molecule has 0 saturated heterocycles. The second-order valence-corrected chi connectivity index (χ2v) is 5.40. The number of halogens is 1. The molecule has 0 spiro atoms. The predicted molar refractivity (Wildman–Crippen MR) is 69.6 cm³/mol. The summed E-state index contributed by atoms with van der Waals surface area (Å²) in [7, 11) is 0. The number of aromatic amines is 1. The number of thioether (sulfide) groups is 1. The van der Waals surface area contributed by atoms with Gasteiger partial charge < -0.3 is 4.98 Å². The monoisotopic (exact) mass is 282 g/mol. The van der Waals surface area contributed by atoms with E-state index in [9.17, 15) is 0 Å². The largest absolute Gasteiger partial charge is 0.333 e. The highest BCUT2D eigenvalue weighted by molar-refractivity contribution is 9.11. The first-order valence-electron chi connectivity index (χ1n) is 4.58. The Hall–Kier alpha value is -0.740. The van der Waals surface area contributed by atoms with E-state index in [4.69, 9.17) is 0 Å². The van der Waals surface area contributed by atoms with Crippen LogP contribution in [0.3, 0.4) is 0 Å². The minimum Gasteiger partial charge on any atom is -0.333 e. The Bertz CT molecular complexity index is 504. The van der Waals surface area contributed by atoms with Gasteiger partial charge in [-0.25, -0.2) is 4.98 Å². The summed E-state index contributed by atoms with van der Waals surface area (Å²) >= 11 is 4.98. The van der Waals surface area contributed by atoms with E-state index < -0.39 is 0 Å². The Balaban J connectivity index is 2.31. The fraction of sp³-hybridized carbons (Fsp3) is 0.182. The number of nitrogens with zero attached hydrogens (tertiary/aromatic N) is 1. The zero-order chi connectivity index (χ0) is 10.8. The van der Waals surface area contributed by atoms with Crippen molar-refractivity contribution in [3.05, 3.63) is 34.8 Å². The molecule has 0 fully saturated rings. The van der Waals surface area contributed by atoms with Crippen molar-refractivity contribution in [3.63, 3.8) is 0 Å². The predicted octanol–water partition coefficient (Wildman–Crippen LogP) is 3.87. The number of hydrogen-bond donors (Lipinski definition) is 1. The first-order chi connectivity index (χ1) is 7.16. The van der Waals surface area contributed by atoms with E-state index >= 15 is 0 Å². The third kappa shape index (κ3) is 2.44. The van der Waals surface area contributed by atoms with Crippen LogP contribution in [0.15, 0.2) is 34.4 Å². The van der Waals surface area contributed by atoms with E-state index in [1.165, 1.54) is 5.56 Å². The molecule has 1 heterocycles. The summed E-state index contributed by atoms with van der Waals surface area (Å²) in [6.45, 7) is 5.87. The minimum atomic E-state index is 0.832. The summed E-state index contributed by atoms with van der Waals surface area (Å²) in [5, 5.41) is 0.944. The minimum absolute atomic E-state index is 0.832. The molecule has 0 bridgehead atoms. The highest BCUT2D eigenvalue weighted by Crippen LogP contribution is 2.23. The highest BCUT2D eigenvalue weighted by atomic mass is 79.9. The molecule has 2 rings (SSSR count). The molecule has 0 atom stereocenters. The lowest BCUT2D eigenvalue weighted by Crippen LogP contribution is -1.78. The molecule has 0 unspecified atom stereocenters. The SMILES string of the molecule is C=C(Br)CSc1nc2c(C)cccc2[nH]1. The van der Waals surface area contributed by atoms with Crippen LogP contribution >= 0.6 is 27.7 Å². The quantitative estimate of drug-likeness (QED) is 0.866. The number of nitrogens with one attached hydrogen (secondary N) is 1. The molecule has 0 aliphatic rings. The number of aromatic nitrogens is 2. The van der Waals surface area contributed by atoms with Crippen LogP contribution in [-0.2, 0) is 0 Å². The van der Waals surface area contributed by atoms with E-state index in [1.54, 1.807) is 11.8 Å². The fourth-order valence-electron chi connectivity index (χ4n) is 1.37. The van der Waals surface area contributed by atoms with Crippen LogP contribution in [0.2, 0.25) is 0 Å². The fourth-order valence-corrected chi connectivity index (χ4v) is 2.34. The zero-order valence-electron chi connectivity index (χ0n) is 8.38. The Morgan fingerprint density at radius 3 is 3.07 bits per heavy atom. The first-order valence-corrected chi connectivity index (χ1v) is 6.36. The van der Waals surface area contributed by atoms with Crippen molar-refractivity contribution in [2.45, 2.75) is 12.1 Å². The van der Waals surface area contributed by atoms with Crippen molar-refractivity contribution in [1.82, 2.24) is 9.97 Å². The summed E-state index contributed by atoms with van der Waals surface area (Å²) < 4.78 is 0.977. The van der Waals surface area contributed by atoms with Crippen molar-refractivity contribution in [3.8, 4) is 0 Å². The third-order valence-electron chi connectivity index (χ3n) is 2.06. The van der Waals surface area contributed by atoms with Crippen LogP contribution in [0.25, 0.3) is 11.0 Å². The lowest BCUT2D eigenvalue weighted by Gasteiger charge is -1.92. The molecule has 78 valence electrons. The van der Waals surface area contributed by atoms with Crippen molar-refractivity contribution < 1.29 is 0 Å². The van der Waals surface area contributed by atoms with Gasteiger partial charge in [0.2, 0.25) is 0 Å². The lowest BCUT2D eigenvalue weighted by molar-refractivity contribution is 1.08. The van der Waals surface area contributed by atoms with Gasteiger partial charge in [-0.15, -0.1) is 0 Å². The number of para-hydroxylation sites is 1. The highest BCUT2D eigenvalue weighted by Gasteiger charge is 2.04. The average molecular weight is 283 g/mol. The molecular weight excluding hydrogens is 272 g/mol. The molecular formula is C11H11BrN2S. The van der Waals surface area contributed by atoms with Gasteiger partial charge >= 0.3 is 0 Å².